The molecule has 0 radical (unpaired) electrons. The molecule has 0 saturated heterocycles. The van der Waals surface area contributed by atoms with Gasteiger partial charge in [-0.3, -0.25) is 14.8 Å². The summed E-state index contributed by atoms with van der Waals surface area (Å²) in [6.45, 7) is 2.43. The second kappa shape index (κ2) is 7.26. The smallest absolute Gasteiger partial charge is 0.338 e. The highest BCUT2D eigenvalue weighted by Crippen LogP contribution is 2.14. The third-order valence-electron chi connectivity index (χ3n) is 2.89. The maximum absolute atomic E-state index is 11.7. The minimum atomic E-state index is -0.592. The van der Waals surface area contributed by atoms with Crippen molar-refractivity contribution in [1.82, 2.24) is 9.97 Å². The monoisotopic (exact) mass is 303 g/mol. The summed E-state index contributed by atoms with van der Waals surface area (Å²) in [5, 5.41) is 2.88. The van der Waals surface area contributed by atoms with Crippen molar-refractivity contribution in [3.05, 3.63) is 56.7 Å². The normalized spacial score (nSPS) is 10.2. The molecule has 0 saturated carbocycles. The molecule has 22 heavy (non-hydrogen) atoms. The van der Waals surface area contributed by atoms with Gasteiger partial charge in [0.2, 0.25) is 0 Å². The highest BCUT2D eigenvalue weighted by atomic mass is 16.5. The van der Waals surface area contributed by atoms with Crippen LogP contribution in [-0.2, 0) is 4.74 Å². The van der Waals surface area contributed by atoms with Crippen LogP contribution in [-0.4, -0.2) is 22.5 Å². The molecular weight excluding hydrogens is 286 g/mol. The van der Waals surface area contributed by atoms with Crippen molar-refractivity contribution in [1.29, 1.82) is 0 Å². The topological polar surface area (TPSA) is 104 Å². The van der Waals surface area contributed by atoms with E-state index in [9.17, 15) is 14.4 Å². The van der Waals surface area contributed by atoms with Gasteiger partial charge in [-0.1, -0.05) is 13.3 Å². The number of carbonyl (C=O) groups is 1. The number of hydrogen-bond donors (Lipinski definition) is 3. The van der Waals surface area contributed by atoms with Crippen molar-refractivity contribution in [2.75, 3.05) is 11.9 Å². The van der Waals surface area contributed by atoms with Gasteiger partial charge in [-0.05, 0) is 30.7 Å². The number of ether oxygens (including phenoxy) is 1. The third kappa shape index (κ3) is 4.34. The molecule has 116 valence electrons. The molecule has 0 aliphatic carbocycles. The Hall–Kier alpha value is -2.83. The zero-order valence-corrected chi connectivity index (χ0v) is 12.1. The molecule has 0 bridgehead atoms. The summed E-state index contributed by atoms with van der Waals surface area (Å²) in [4.78, 5) is 38.6. The number of rotatable bonds is 6. The molecule has 0 amide bonds. The summed E-state index contributed by atoms with van der Waals surface area (Å²) in [5.41, 5.74) is -0.0130. The van der Waals surface area contributed by atoms with Gasteiger partial charge < -0.3 is 10.1 Å². The number of benzene rings is 1. The van der Waals surface area contributed by atoms with Gasteiger partial charge in [0.15, 0.2) is 0 Å². The minimum Gasteiger partial charge on any atom is -0.462 e. The number of aromatic amines is 2. The quantitative estimate of drug-likeness (QED) is 0.557. The number of nitrogens with one attached hydrogen (secondary N) is 3. The molecule has 2 rings (SSSR count). The van der Waals surface area contributed by atoms with E-state index in [2.05, 4.69) is 15.3 Å². The van der Waals surface area contributed by atoms with Crippen molar-refractivity contribution in [2.45, 2.75) is 19.8 Å². The van der Waals surface area contributed by atoms with Crippen LogP contribution >= 0.6 is 0 Å². The molecule has 0 unspecified atom stereocenters. The van der Waals surface area contributed by atoms with Gasteiger partial charge in [0.25, 0.3) is 5.56 Å². The summed E-state index contributed by atoms with van der Waals surface area (Å²) in [5.74, 6) is -0.100. The molecule has 0 fully saturated rings. The van der Waals surface area contributed by atoms with E-state index >= 15 is 0 Å². The van der Waals surface area contributed by atoms with Gasteiger partial charge in [-0.2, -0.15) is 0 Å². The van der Waals surface area contributed by atoms with Crippen LogP contribution in [0.4, 0.5) is 11.5 Å². The third-order valence-corrected chi connectivity index (χ3v) is 2.89. The van der Waals surface area contributed by atoms with Crippen LogP contribution in [0.5, 0.6) is 0 Å². The van der Waals surface area contributed by atoms with E-state index in [0.717, 1.165) is 12.8 Å². The Morgan fingerprint density at radius 1 is 1.18 bits per heavy atom. The lowest BCUT2D eigenvalue weighted by molar-refractivity contribution is 0.0500. The number of unbranched alkanes of at least 4 members (excludes halogenated alkanes) is 1. The Balaban J connectivity index is 2.04. The van der Waals surface area contributed by atoms with Gasteiger partial charge >= 0.3 is 11.7 Å². The van der Waals surface area contributed by atoms with Crippen LogP contribution < -0.4 is 16.6 Å². The number of aromatic nitrogens is 2. The van der Waals surface area contributed by atoms with E-state index in [1.165, 1.54) is 6.07 Å². The van der Waals surface area contributed by atoms with Crippen LogP contribution in [0.1, 0.15) is 30.1 Å². The number of H-pyrrole nitrogens is 2. The summed E-state index contributed by atoms with van der Waals surface area (Å²) < 4.78 is 5.11. The van der Waals surface area contributed by atoms with E-state index in [-0.39, 0.29) is 11.8 Å². The van der Waals surface area contributed by atoms with Crippen molar-refractivity contribution >= 4 is 17.5 Å². The average Bonchev–Trinajstić information content (AvgIpc) is 2.47. The predicted molar refractivity (Wildman–Crippen MR) is 82.6 cm³/mol. The van der Waals surface area contributed by atoms with E-state index < -0.39 is 11.2 Å². The second-order valence-electron chi connectivity index (χ2n) is 4.69. The molecule has 0 aliphatic heterocycles. The van der Waals surface area contributed by atoms with E-state index in [1.807, 2.05) is 6.92 Å². The largest absolute Gasteiger partial charge is 0.462 e. The van der Waals surface area contributed by atoms with Crippen LogP contribution in [0.2, 0.25) is 0 Å². The van der Waals surface area contributed by atoms with Crippen molar-refractivity contribution < 1.29 is 9.53 Å². The van der Waals surface area contributed by atoms with Gasteiger partial charge in [-0.25, -0.2) is 9.59 Å². The molecular formula is C15H17N3O4. The molecule has 1 heterocycles. The summed E-state index contributed by atoms with van der Waals surface area (Å²) in [6, 6.07) is 7.78. The Bertz CT molecular complexity index is 718. The van der Waals surface area contributed by atoms with Crippen LogP contribution in [0.3, 0.4) is 0 Å². The first-order chi connectivity index (χ1) is 10.6. The number of hydrogen-bond acceptors (Lipinski definition) is 5. The first-order valence-electron chi connectivity index (χ1n) is 6.96. The summed E-state index contributed by atoms with van der Waals surface area (Å²) >= 11 is 0. The molecule has 0 aliphatic rings. The molecule has 1 aromatic carbocycles. The SMILES string of the molecule is CCCCOC(=O)c1ccc(Nc2cc(=O)[nH]c(=O)[nH]2)cc1. The minimum absolute atomic E-state index is 0.270. The Kier molecular flexibility index (Phi) is 5.13. The Morgan fingerprint density at radius 2 is 1.91 bits per heavy atom. The standard InChI is InChI=1S/C15H17N3O4/c1-2-3-8-22-14(20)10-4-6-11(7-5-10)16-12-9-13(19)18-15(21)17-12/h4-7,9H,2-3,8H2,1H3,(H3,16,17,18,19,21). The van der Waals surface area contributed by atoms with E-state index in [0.29, 0.717) is 17.9 Å². The zero-order valence-electron chi connectivity index (χ0n) is 12.1. The lowest BCUT2D eigenvalue weighted by Gasteiger charge is -2.07. The fourth-order valence-corrected chi connectivity index (χ4v) is 1.77. The maximum Gasteiger partial charge on any atom is 0.338 e. The molecule has 0 atom stereocenters. The first-order valence-corrected chi connectivity index (χ1v) is 6.96. The van der Waals surface area contributed by atoms with Crippen LogP contribution in [0.25, 0.3) is 0 Å². The lowest BCUT2D eigenvalue weighted by Crippen LogP contribution is -2.22. The van der Waals surface area contributed by atoms with E-state index in [4.69, 9.17) is 4.74 Å². The van der Waals surface area contributed by atoms with Gasteiger partial charge in [0.1, 0.15) is 5.82 Å². The average molecular weight is 303 g/mol. The zero-order chi connectivity index (χ0) is 15.9. The second-order valence-corrected chi connectivity index (χ2v) is 4.69. The van der Waals surface area contributed by atoms with Gasteiger partial charge in [0.05, 0.1) is 12.2 Å². The van der Waals surface area contributed by atoms with Gasteiger partial charge in [-0.15, -0.1) is 0 Å². The molecule has 0 spiro atoms. The lowest BCUT2D eigenvalue weighted by atomic mass is 10.2. The number of anilines is 2. The van der Waals surface area contributed by atoms with Crippen LogP contribution in [0.15, 0.2) is 39.9 Å². The summed E-state index contributed by atoms with van der Waals surface area (Å²) in [7, 11) is 0. The molecule has 7 heteroatoms. The van der Waals surface area contributed by atoms with Crippen LogP contribution in [0, 0.1) is 0 Å². The van der Waals surface area contributed by atoms with Gasteiger partial charge in [0, 0.05) is 11.8 Å². The van der Waals surface area contributed by atoms with Crippen molar-refractivity contribution in [3.8, 4) is 0 Å². The predicted octanol–water partition coefficient (Wildman–Crippen LogP) is 1.76. The molecule has 7 nitrogen and oxygen atoms in total. The Labute approximate surface area is 126 Å². The fourth-order valence-electron chi connectivity index (χ4n) is 1.77. The fraction of sp³-hybridized carbons (Fsp3) is 0.267. The maximum atomic E-state index is 11.7. The highest BCUT2D eigenvalue weighted by molar-refractivity contribution is 5.89. The van der Waals surface area contributed by atoms with E-state index in [1.54, 1.807) is 24.3 Å². The molecule has 1 aromatic heterocycles. The van der Waals surface area contributed by atoms with Crippen molar-refractivity contribution in [2.24, 2.45) is 0 Å². The molecule has 3 N–H and O–H groups in total. The molecule has 2 aromatic rings. The number of esters is 1. The Morgan fingerprint density at radius 3 is 2.55 bits per heavy atom. The van der Waals surface area contributed by atoms with Crippen molar-refractivity contribution in [3.63, 3.8) is 0 Å². The first kappa shape index (κ1) is 15.6. The highest BCUT2D eigenvalue weighted by Gasteiger charge is 2.06. The summed E-state index contributed by atoms with van der Waals surface area (Å²) in [6.07, 6.45) is 1.80. The number of carbonyl (C=O) groups excluding carboxylic acids is 1.